The number of nitrogens with zero attached hydrogens (tertiary/aromatic N) is 3. The van der Waals surface area contributed by atoms with E-state index in [-0.39, 0.29) is 17.8 Å². The number of rotatable bonds is 4. The molecule has 2 heterocycles. The summed E-state index contributed by atoms with van der Waals surface area (Å²) in [7, 11) is 3.39. The number of aryl methyl sites for hydroxylation is 2. The van der Waals surface area contributed by atoms with Gasteiger partial charge in [0.15, 0.2) is 11.4 Å². The number of carbonyl (C=O) groups is 1. The Morgan fingerprint density at radius 1 is 1.03 bits per heavy atom. The minimum Gasteiger partial charge on any atom is -0.454 e. The van der Waals surface area contributed by atoms with Gasteiger partial charge in [-0.25, -0.2) is 14.6 Å². The zero-order valence-electron chi connectivity index (χ0n) is 18.8. The van der Waals surface area contributed by atoms with Crippen LogP contribution in [-0.4, -0.2) is 26.2 Å². The van der Waals surface area contributed by atoms with Crippen LogP contribution in [-0.2, 0) is 14.1 Å². The molecule has 0 aliphatic rings. The second-order valence-corrected chi connectivity index (χ2v) is 7.94. The van der Waals surface area contributed by atoms with Crippen molar-refractivity contribution in [3.63, 3.8) is 0 Å². The number of ether oxygens (including phenoxy) is 1. The molecule has 3 rings (SSSR count). The van der Waals surface area contributed by atoms with Crippen molar-refractivity contribution in [3.05, 3.63) is 45.0 Å². The summed E-state index contributed by atoms with van der Waals surface area (Å²) in [6.07, 6.45) is 1.63. The molecule has 2 N–H and O–H groups in total. The summed E-state index contributed by atoms with van der Waals surface area (Å²) >= 11 is 0. The highest BCUT2D eigenvalue weighted by Crippen LogP contribution is 2.39. The highest BCUT2D eigenvalue weighted by molar-refractivity contribution is 5.92. The quantitative estimate of drug-likeness (QED) is 0.683. The number of carbonyl (C=O) groups excluding carboxylic acids is 1. The van der Waals surface area contributed by atoms with Crippen LogP contribution < -0.4 is 21.1 Å². The van der Waals surface area contributed by atoms with Crippen LogP contribution in [0, 0.1) is 27.7 Å². The summed E-state index contributed by atoms with van der Waals surface area (Å²) in [4.78, 5) is 28.9. The summed E-state index contributed by atoms with van der Waals surface area (Å²) < 4.78 is 9.38. The molecule has 0 aliphatic carbocycles. The first-order valence-corrected chi connectivity index (χ1v) is 9.90. The molecule has 0 spiro atoms. The molecular formula is C22H29N5O3. The number of imidazole rings is 1. The Morgan fingerprint density at radius 3 is 2.20 bits per heavy atom. The van der Waals surface area contributed by atoms with Gasteiger partial charge in [-0.2, -0.15) is 0 Å². The molecule has 8 nitrogen and oxygen atoms in total. The Balaban J connectivity index is 2.09. The predicted octanol–water partition coefficient (Wildman–Crippen LogP) is 3.83. The molecule has 8 heteroatoms. The van der Waals surface area contributed by atoms with Crippen LogP contribution >= 0.6 is 0 Å². The number of benzene rings is 1. The van der Waals surface area contributed by atoms with Crippen molar-refractivity contribution < 1.29 is 9.53 Å². The van der Waals surface area contributed by atoms with Gasteiger partial charge in [-0.05, 0) is 63.8 Å². The maximum Gasteiger partial charge on any atom is 0.329 e. The van der Waals surface area contributed by atoms with Gasteiger partial charge in [0.2, 0.25) is 0 Å². The van der Waals surface area contributed by atoms with Crippen molar-refractivity contribution in [2.45, 2.75) is 47.6 Å². The second kappa shape index (κ2) is 7.85. The molecule has 2 amide bonds. The van der Waals surface area contributed by atoms with Crippen LogP contribution in [0.25, 0.3) is 11.2 Å². The van der Waals surface area contributed by atoms with E-state index >= 15 is 0 Å². The minimum absolute atomic E-state index is 0.0435. The van der Waals surface area contributed by atoms with E-state index in [2.05, 4.69) is 15.6 Å². The van der Waals surface area contributed by atoms with Gasteiger partial charge < -0.3 is 15.4 Å². The van der Waals surface area contributed by atoms with Crippen molar-refractivity contribution in [3.8, 4) is 11.5 Å². The van der Waals surface area contributed by atoms with Crippen molar-refractivity contribution >= 4 is 22.9 Å². The van der Waals surface area contributed by atoms with E-state index in [9.17, 15) is 9.59 Å². The average molecular weight is 412 g/mol. The molecule has 0 aliphatic heterocycles. The van der Waals surface area contributed by atoms with Crippen LogP contribution in [0.3, 0.4) is 0 Å². The number of anilines is 1. The molecule has 2 aromatic heterocycles. The standard InChI is InChI=1S/C22H29N5O3/c1-11(2)24-21(28)25-17-12(3)14(5)19(15(6)13(17)4)30-16-9-10-23-20-18(16)26(7)22(29)27(20)8/h9-11H,1-8H3,(H2,24,25,28). The first-order valence-electron chi connectivity index (χ1n) is 9.90. The van der Waals surface area contributed by atoms with E-state index in [1.165, 1.54) is 9.13 Å². The highest BCUT2D eigenvalue weighted by Gasteiger charge is 2.20. The monoisotopic (exact) mass is 411 g/mol. The van der Waals surface area contributed by atoms with Gasteiger partial charge in [0.1, 0.15) is 11.3 Å². The summed E-state index contributed by atoms with van der Waals surface area (Å²) in [5.74, 6) is 1.27. The topological polar surface area (TPSA) is 90.2 Å². The maximum atomic E-state index is 12.3. The third-order valence-electron chi connectivity index (χ3n) is 5.52. The van der Waals surface area contributed by atoms with Gasteiger partial charge in [-0.1, -0.05) is 0 Å². The lowest BCUT2D eigenvalue weighted by Gasteiger charge is -2.22. The lowest BCUT2D eigenvalue weighted by molar-refractivity contribution is 0.250. The summed E-state index contributed by atoms with van der Waals surface area (Å²) in [6.45, 7) is 11.7. The number of hydrogen-bond donors (Lipinski definition) is 2. The maximum absolute atomic E-state index is 12.3. The van der Waals surface area contributed by atoms with Crippen LogP contribution in [0.2, 0.25) is 0 Å². The van der Waals surface area contributed by atoms with Gasteiger partial charge in [-0.3, -0.25) is 9.13 Å². The molecule has 0 saturated carbocycles. The lowest BCUT2D eigenvalue weighted by atomic mass is 9.97. The van der Waals surface area contributed by atoms with Crippen LogP contribution in [0.5, 0.6) is 11.5 Å². The zero-order valence-corrected chi connectivity index (χ0v) is 18.8. The minimum atomic E-state index is -0.237. The molecule has 3 aromatic rings. The van der Waals surface area contributed by atoms with Crippen LogP contribution in [0.15, 0.2) is 17.1 Å². The van der Waals surface area contributed by atoms with Crippen LogP contribution in [0.1, 0.15) is 36.1 Å². The molecule has 0 fully saturated rings. The molecule has 160 valence electrons. The largest absolute Gasteiger partial charge is 0.454 e. The molecule has 0 bridgehead atoms. The normalized spacial score (nSPS) is 11.2. The number of amides is 2. The molecule has 30 heavy (non-hydrogen) atoms. The molecular weight excluding hydrogens is 382 g/mol. The first-order chi connectivity index (χ1) is 14.0. The van der Waals surface area contributed by atoms with Gasteiger partial charge in [-0.15, -0.1) is 0 Å². The van der Waals surface area contributed by atoms with E-state index in [4.69, 9.17) is 4.74 Å². The van der Waals surface area contributed by atoms with Crippen molar-refractivity contribution in [1.29, 1.82) is 0 Å². The third kappa shape index (κ3) is 3.53. The second-order valence-electron chi connectivity index (χ2n) is 7.94. The van der Waals surface area contributed by atoms with Gasteiger partial charge in [0.25, 0.3) is 0 Å². The Morgan fingerprint density at radius 2 is 1.63 bits per heavy atom. The predicted molar refractivity (Wildman–Crippen MR) is 119 cm³/mol. The third-order valence-corrected chi connectivity index (χ3v) is 5.52. The van der Waals surface area contributed by atoms with Gasteiger partial charge in [0.05, 0.1) is 0 Å². The van der Waals surface area contributed by atoms with Crippen LogP contribution in [0.4, 0.5) is 10.5 Å². The van der Waals surface area contributed by atoms with E-state index in [1.807, 2.05) is 41.5 Å². The van der Waals surface area contributed by atoms with Crippen molar-refractivity contribution in [2.75, 3.05) is 5.32 Å². The number of aromatic nitrogens is 3. The van der Waals surface area contributed by atoms with Crippen molar-refractivity contribution in [2.24, 2.45) is 14.1 Å². The number of hydrogen-bond acceptors (Lipinski definition) is 4. The summed E-state index contributed by atoms with van der Waals surface area (Å²) in [6, 6.07) is 1.56. The van der Waals surface area contributed by atoms with Gasteiger partial charge >= 0.3 is 11.7 Å². The van der Waals surface area contributed by atoms with E-state index < -0.39 is 0 Å². The molecule has 0 atom stereocenters. The average Bonchev–Trinajstić information content (AvgIpc) is 2.91. The summed E-state index contributed by atoms with van der Waals surface area (Å²) in [5, 5.41) is 5.82. The van der Waals surface area contributed by atoms with E-state index in [0.717, 1.165) is 27.9 Å². The zero-order chi connectivity index (χ0) is 22.3. The fourth-order valence-corrected chi connectivity index (χ4v) is 3.62. The molecule has 0 saturated heterocycles. The van der Waals surface area contributed by atoms with Gasteiger partial charge in [0, 0.05) is 38.1 Å². The fourth-order valence-electron chi connectivity index (χ4n) is 3.62. The Hall–Kier alpha value is -3.29. The number of fused-ring (bicyclic) bond motifs is 1. The first kappa shape index (κ1) is 21.4. The molecule has 0 radical (unpaired) electrons. The smallest absolute Gasteiger partial charge is 0.329 e. The van der Waals surface area contributed by atoms with E-state index in [0.29, 0.717) is 22.7 Å². The fraction of sp³-hybridized carbons (Fsp3) is 0.409. The number of nitrogens with one attached hydrogen (secondary N) is 2. The Kier molecular flexibility index (Phi) is 5.61. The SMILES string of the molecule is Cc1c(C)c(Oc2ccnc3c2n(C)c(=O)n3C)c(C)c(C)c1NC(=O)NC(C)C. The lowest BCUT2D eigenvalue weighted by Crippen LogP contribution is -2.34. The number of pyridine rings is 1. The number of urea groups is 1. The van der Waals surface area contributed by atoms with E-state index in [1.54, 1.807) is 26.4 Å². The summed E-state index contributed by atoms with van der Waals surface area (Å²) in [5.41, 5.74) is 5.52. The molecule has 1 aromatic carbocycles. The highest BCUT2D eigenvalue weighted by atomic mass is 16.5. The van der Waals surface area contributed by atoms with Crippen molar-refractivity contribution in [1.82, 2.24) is 19.4 Å². The Labute approximate surface area is 175 Å². The Bertz CT molecular complexity index is 1170. The molecule has 0 unspecified atom stereocenters.